The molecular weight excluding hydrogens is 380 g/mol. The lowest BCUT2D eigenvalue weighted by Crippen LogP contribution is -2.51. The average molecular weight is 411 g/mol. The minimum absolute atomic E-state index is 0.0524. The van der Waals surface area contributed by atoms with E-state index in [2.05, 4.69) is 20.4 Å². The van der Waals surface area contributed by atoms with Crippen molar-refractivity contribution in [3.8, 4) is 22.8 Å². The Kier molecular flexibility index (Phi) is 5.15. The topological polar surface area (TPSA) is 79.5 Å². The Balaban J connectivity index is 1.31. The van der Waals surface area contributed by atoms with Crippen molar-refractivity contribution in [2.24, 2.45) is 5.92 Å². The van der Waals surface area contributed by atoms with Crippen molar-refractivity contribution in [1.29, 1.82) is 0 Å². The summed E-state index contributed by atoms with van der Waals surface area (Å²) in [5.41, 5.74) is 4.49. The first-order valence-corrected chi connectivity index (χ1v) is 11.0. The minimum Gasteiger partial charge on any atom is -0.493 e. The number of fused-ring (bicyclic) bond motifs is 4. The van der Waals surface area contributed by atoms with Gasteiger partial charge in [0, 0.05) is 30.1 Å². The molecule has 0 bridgehead atoms. The maximum absolute atomic E-state index is 13.0. The first-order chi connectivity index (χ1) is 14.7. The van der Waals surface area contributed by atoms with E-state index in [-0.39, 0.29) is 5.91 Å². The molecule has 3 aliphatic rings. The predicted octanol–water partition coefficient (Wildman–Crippen LogP) is 2.99. The highest BCUT2D eigenvalue weighted by Gasteiger charge is 2.34. The lowest BCUT2D eigenvalue weighted by Gasteiger charge is -2.44. The van der Waals surface area contributed by atoms with Crippen molar-refractivity contribution in [3.05, 3.63) is 29.0 Å². The zero-order valence-corrected chi connectivity index (χ0v) is 17.8. The molecule has 2 aromatic rings. The van der Waals surface area contributed by atoms with Gasteiger partial charge in [0.25, 0.3) is 5.91 Å². The number of nitrogens with one attached hydrogen (secondary N) is 2. The molecule has 0 spiro atoms. The second-order valence-corrected chi connectivity index (χ2v) is 8.68. The summed E-state index contributed by atoms with van der Waals surface area (Å²) in [5, 5.41) is 10.6. The van der Waals surface area contributed by atoms with Crippen molar-refractivity contribution >= 4 is 5.91 Å². The van der Waals surface area contributed by atoms with Gasteiger partial charge in [-0.3, -0.25) is 9.89 Å². The molecular formula is C23H30N4O3. The molecule has 1 amide bonds. The summed E-state index contributed by atoms with van der Waals surface area (Å²) < 4.78 is 10.9. The highest BCUT2D eigenvalue weighted by molar-refractivity contribution is 5.97. The molecule has 2 aliphatic heterocycles. The lowest BCUT2D eigenvalue weighted by atomic mass is 9.83. The van der Waals surface area contributed by atoms with Crippen LogP contribution in [0.4, 0.5) is 0 Å². The van der Waals surface area contributed by atoms with Crippen LogP contribution in [0.15, 0.2) is 12.1 Å². The number of aromatic nitrogens is 2. The zero-order valence-electron chi connectivity index (χ0n) is 17.8. The predicted molar refractivity (Wildman–Crippen MR) is 114 cm³/mol. The van der Waals surface area contributed by atoms with Gasteiger partial charge in [-0.1, -0.05) is 6.42 Å². The number of benzene rings is 1. The molecule has 1 aromatic carbocycles. The third kappa shape index (κ3) is 3.25. The summed E-state index contributed by atoms with van der Waals surface area (Å²) in [6, 6.07) is 4.56. The van der Waals surface area contributed by atoms with Crippen LogP contribution in [0, 0.1) is 5.92 Å². The summed E-state index contributed by atoms with van der Waals surface area (Å²) in [7, 11) is 3.26. The number of piperidine rings is 2. The second kappa shape index (κ2) is 7.95. The van der Waals surface area contributed by atoms with Crippen LogP contribution in [0.1, 0.15) is 53.7 Å². The summed E-state index contributed by atoms with van der Waals surface area (Å²) in [5.74, 6) is 1.87. The van der Waals surface area contributed by atoms with Crippen molar-refractivity contribution < 1.29 is 14.3 Å². The minimum atomic E-state index is -0.0524. The first-order valence-electron chi connectivity index (χ1n) is 11.0. The van der Waals surface area contributed by atoms with Crippen LogP contribution in [-0.4, -0.2) is 60.9 Å². The van der Waals surface area contributed by atoms with Crippen molar-refractivity contribution in [2.75, 3.05) is 33.9 Å². The molecule has 0 unspecified atom stereocenters. The molecule has 30 heavy (non-hydrogen) atoms. The number of methoxy groups -OCH3 is 2. The Bertz CT molecular complexity index is 952. The van der Waals surface area contributed by atoms with Crippen LogP contribution in [-0.2, 0) is 6.42 Å². The highest BCUT2D eigenvalue weighted by Crippen LogP contribution is 2.42. The summed E-state index contributed by atoms with van der Waals surface area (Å²) in [6.45, 7) is 3.17. The summed E-state index contributed by atoms with van der Waals surface area (Å²) >= 11 is 0. The molecule has 7 nitrogen and oxygen atoms in total. The lowest BCUT2D eigenvalue weighted by molar-refractivity contribution is 0.0575. The largest absolute Gasteiger partial charge is 0.493 e. The number of carbonyl (C=O) groups excluding carboxylic acids is 1. The number of amides is 1. The number of aromatic amines is 1. The van der Waals surface area contributed by atoms with E-state index < -0.39 is 0 Å². The second-order valence-electron chi connectivity index (χ2n) is 8.68. The molecule has 2 N–H and O–H groups in total. The van der Waals surface area contributed by atoms with Crippen molar-refractivity contribution in [1.82, 2.24) is 20.4 Å². The van der Waals surface area contributed by atoms with Gasteiger partial charge >= 0.3 is 0 Å². The molecule has 1 aliphatic carbocycles. The van der Waals surface area contributed by atoms with Crippen LogP contribution in [0.2, 0.25) is 0 Å². The summed E-state index contributed by atoms with van der Waals surface area (Å²) in [4.78, 5) is 15.7. The number of H-pyrrole nitrogens is 1. The quantitative estimate of drug-likeness (QED) is 0.676. The molecule has 3 heterocycles. The monoisotopic (exact) mass is 410 g/mol. The van der Waals surface area contributed by atoms with E-state index in [4.69, 9.17) is 9.47 Å². The Hall–Kier alpha value is -2.54. The van der Waals surface area contributed by atoms with Crippen LogP contribution in [0.25, 0.3) is 11.3 Å². The SMILES string of the molecule is COc1cc2c(cc1OC)-c1n[nH]c(C(=O)NC[C@H]3CCCN4CCCC[C@H]34)c1C2. The van der Waals surface area contributed by atoms with Gasteiger partial charge in [0.1, 0.15) is 5.69 Å². The molecule has 2 saturated heterocycles. The van der Waals surface area contributed by atoms with Gasteiger partial charge in [-0.2, -0.15) is 5.10 Å². The van der Waals surface area contributed by atoms with Crippen molar-refractivity contribution in [2.45, 2.75) is 44.6 Å². The molecule has 0 radical (unpaired) electrons. The van der Waals surface area contributed by atoms with E-state index in [1.807, 2.05) is 12.1 Å². The van der Waals surface area contributed by atoms with Gasteiger partial charge in [0.2, 0.25) is 0 Å². The Morgan fingerprint density at radius 3 is 2.80 bits per heavy atom. The Morgan fingerprint density at radius 2 is 1.97 bits per heavy atom. The van der Waals surface area contributed by atoms with E-state index in [1.54, 1.807) is 14.2 Å². The third-order valence-electron chi connectivity index (χ3n) is 7.08. The molecule has 2 fully saturated rings. The van der Waals surface area contributed by atoms with Gasteiger partial charge in [-0.05, 0) is 62.4 Å². The van der Waals surface area contributed by atoms with E-state index in [1.165, 1.54) is 45.2 Å². The van der Waals surface area contributed by atoms with Gasteiger partial charge < -0.3 is 19.7 Å². The van der Waals surface area contributed by atoms with E-state index >= 15 is 0 Å². The normalized spacial score (nSPS) is 22.7. The number of hydrogen-bond donors (Lipinski definition) is 2. The van der Waals surface area contributed by atoms with Gasteiger partial charge in [-0.15, -0.1) is 0 Å². The maximum atomic E-state index is 13.0. The number of nitrogens with zero attached hydrogens (tertiary/aromatic N) is 2. The Morgan fingerprint density at radius 1 is 1.17 bits per heavy atom. The fourth-order valence-electron chi connectivity index (χ4n) is 5.55. The van der Waals surface area contributed by atoms with E-state index in [9.17, 15) is 4.79 Å². The fourth-order valence-corrected chi connectivity index (χ4v) is 5.55. The fraction of sp³-hybridized carbons (Fsp3) is 0.565. The smallest absolute Gasteiger partial charge is 0.269 e. The van der Waals surface area contributed by atoms with E-state index in [0.29, 0.717) is 35.6 Å². The number of carbonyl (C=O) groups is 1. The molecule has 7 heteroatoms. The van der Waals surface area contributed by atoms with Crippen LogP contribution in [0.3, 0.4) is 0 Å². The molecule has 5 rings (SSSR count). The standard InChI is InChI=1S/C23H30N4O3/c1-29-19-11-15-10-17-21(16(15)12-20(19)30-2)25-26-22(17)23(28)24-13-14-6-5-9-27-8-4-3-7-18(14)27/h11-12,14,18H,3-10,13H2,1-2H3,(H,24,28)(H,25,26)/t14-,18-/m1/s1. The molecule has 2 atom stereocenters. The molecule has 1 aromatic heterocycles. The Labute approximate surface area is 177 Å². The van der Waals surface area contributed by atoms with Crippen LogP contribution in [0.5, 0.6) is 11.5 Å². The number of ether oxygens (including phenoxy) is 2. The van der Waals surface area contributed by atoms with Crippen LogP contribution < -0.4 is 14.8 Å². The summed E-state index contributed by atoms with van der Waals surface area (Å²) in [6.07, 6.45) is 6.99. The number of rotatable bonds is 5. The zero-order chi connectivity index (χ0) is 20.7. The van der Waals surface area contributed by atoms with Crippen LogP contribution >= 0.6 is 0 Å². The third-order valence-corrected chi connectivity index (χ3v) is 7.08. The average Bonchev–Trinajstić information content (AvgIpc) is 3.35. The maximum Gasteiger partial charge on any atom is 0.269 e. The first kappa shape index (κ1) is 19.4. The molecule has 160 valence electrons. The van der Waals surface area contributed by atoms with E-state index in [0.717, 1.165) is 28.9 Å². The van der Waals surface area contributed by atoms with Gasteiger partial charge in [0.05, 0.1) is 19.9 Å². The van der Waals surface area contributed by atoms with Crippen molar-refractivity contribution in [3.63, 3.8) is 0 Å². The van der Waals surface area contributed by atoms with Gasteiger partial charge in [-0.25, -0.2) is 0 Å². The highest BCUT2D eigenvalue weighted by atomic mass is 16.5. The number of hydrogen-bond acceptors (Lipinski definition) is 5. The van der Waals surface area contributed by atoms with Gasteiger partial charge in [0.15, 0.2) is 11.5 Å². The molecule has 0 saturated carbocycles.